The molecule has 1 aliphatic rings. The van der Waals surface area contributed by atoms with Gasteiger partial charge in [-0.05, 0) is 30.4 Å². The molecule has 2 N–H and O–H groups in total. The SMILES string of the molecule is COC(=O)CCn1cc2c(c1)C(N)CCC2. The molecule has 1 unspecified atom stereocenters. The minimum absolute atomic E-state index is 0.170. The summed E-state index contributed by atoms with van der Waals surface area (Å²) in [6.45, 7) is 0.673. The van der Waals surface area contributed by atoms with E-state index in [0.717, 1.165) is 19.3 Å². The number of hydrogen-bond acceptors (Lipinski definition) is 3. The van der Waals surface area contributed by atoms with Gasteiger partial charge in [-0.2, -0.15) is 0 Å². The van der Waals surface area contributed by atoms with Crippen LogP contribution in [0.2, 0.25) is 0 Å². The van der Waals surface area contributed by atoms with Crippen molar-refractivity contribution in [3.63, 3.8) is 0 Å². The third-order valence-electron chi connectivity index (χ3n) is 3.16. The molecule has 0 radical (unpaired) electrons. The maximum absolute atomic E-state index is 11.0. The Hall–Kier alpha value is -1.29. The molecule has 1 aliphatic carbocycles. The van der Waals surface area contributed by atoms with Gasteiger partial charge in [-0.1, -0.05) is 0 Å². The lowest BCUT2D eigenvalue weighted by Gasteiger charge is -2.17. The number of fused-ring (bicyclic) bond motifs is 1. The third-order valence-corrected chi connectivity index (χ3v) is 3.16. The minimum atomic E-state index is -0.170. The zero-order valence-corrected chi connectivity index (χ0v) is 9.61. The van der Waals surface area contributed by atoms with E-state index in [4.69, 9.17) is 5.73 Å². The van der Waals surface area contributed by atoms with Gasteiger partial charge in [0, 0.05) is 25.0 Å². The van der Waals surface area contributed by atoms with Crippen molar-refractivity contribution in [1.82, 2.24) is 4.57 Å². The van der Waals surface area contributed by atoms with Crippen molar-refractivity contribution in [2.24, 2.45) is 5.73 Å². The largest absolute Gasteiger partial charge is 0.469 e. The minimum Gasteiger partial charge on any atom is -0.469 e. The first-order valence-electron chi connectivity index (χ1n) is 5.71. The number of esters is 1. The highest BCUT2D eigenvalue weighted by atomic mass is 16.5. The molecular weight excluding hydrogens is 204 g/mol. The zero-order valence-electron chi connectivity index (χ0n) is 9.61. The summed E-state index contributed by atoms with van der Waals surface area (Å²) in [4.78, 5) is 11.0. The van der Waals surface area contributed by atoms with Crippen molar-refractivity contribution < 1.29 is 9.53 Å². The molecule has 0 amide bonds. The summed E-state index contributed by atoms with van der Waals surface area (Å²) < 4.78 is 6.67. The van der Waals surface area contributed by atoms with Gasteiger partial charge in [0.25, 0.3) is 0 Å². The van der Waals surface area contributed by atoms with Crippen LogP contribution in [0.25, 0.3) is 0 Å². The number of rotatable bonds is 3. The molecule has 1 aromatic heterocycles. The van der Waals surface area contributed by atoms with Gasteiger partial charge in [0.15, 0.2) is 0 Å². The number of hydrogen-bond donors (Lipinski definition) is 1. The normalized spacial score (nSPS) is 19.2. The van der Waals surface area contributed by atoms with Crippen LogP contribution in [0.5, 0.6) is 0 Å². The maximum atomic E-state index is 11.0. The molecule has 1 aromatic rings. The van der Waals surface area contributed by atoms with Gasteiger partial charge >= 0.3 is 5.97 Å². The summed E-state index contributed by atoms with van der Waals surface area (Å²) in [5, 5.41) is 0. The van der Waals surface area contributed by atoms with Crippen LogP contribution in [0.1, 0.15) is 36.4 Å². The van der Waals surface area contributed by atoms with Crippen molar-refractivity contribution in [2.75, 3.05) is 7.11 Å². The monoisotopic (exact) mass is 222 g/mol. The van der Waals surface area contributed by atoms with Gasteiger partial charge in [-0.3, -0.25) is 4.79 Å². The number of ether oxygens (including phenoxy) is 1. The smallest absolute Gasteiger partial charge is 0.307 e. The third kappa shape index (κ3) is 2.27. The average molecular weight is 222 g/mol. The lowest BCUT2D eigenvalue weighted by molar-refractivity contribution is -0.140. The molecule has 1 atom stereocenters. The number of nitrogens with two attached hydrogens (primary N) is 1. The van der Waals surface area contributed by atoms with E-state index in [9.17, 15) is 4.79 Å². The molecule has 0 aromatic carbocycles. The van der Waals surface area contributed by atoms with Crippen LogP contribution in [0.3, 0.4) is 0 Å². The van der Waals surface area contributed by atoms with Crippen molar-refractivity contribution in [3.05, 3.63) is 23.5 Å². The Labute approximate surface area is 95.4 Å². The molecule has 0 aliphatic heterocycles. The zero-order chi connectivity index (χ0) is 11.5. The van der Waals surface area contributed by atoms with E-state index in [1.807, 2.05) is 4.57 Å². The van der Waals surface area contributed by atoms with E-state index < -0.39 is 0 Å². The van der Waals surface area contributed by atoms with Gasteiger partial charge in [0.2, 0.25) is 0 Å². The van der Waals surface area contributed by atoms with Crippen LogP contribution in [0.15, 0.2) is 12.4 Å². The van der Waals surface area contributed by atoms with Gasteiger partial charge in [0.05, 0.1) is 13.5 Å². The Morgan fingerprint density at radius 1 is 1.62 bits per heavy atom. The highest BCUT2D eigenvalue weighted by molar-refractivity contribution is 5.69. The van der Waals surface area contributed by atoms with E-state index in [0.29, 0.717) is 13.0 Å². The number of carbonyl (C=O) groups excluding carboxylic acids is 1. The molecule has 88 valence electrons. The number of nitrogens with zero attached hydrogens (tertiary/aromatic N) is 1. The molecule has 0 spiro atoms. The lowest BCUT2D eigenvalue weighted by atomic mass is 9.92. The van der Waals surface area contributed by atoms with E-state index in [2.05, 4.69) is 17.1 Å². The van der Waals surface area contributed by atoms with Crippen LogP contribution < -0.4 is 5.73 Å². The topological polar surface area (TPSA) is 57.2 Å². The second-order valence-electron chi connectivity index (χ2n) is 4.30. The van der Waals surface area contributed by atoms with Crippen LogP contribution in [0.4, 0.5) is 0 Å². The number of aromatic nitrogens is 1. The van der Waals surface area contributed by atoms with E-state index in [1.165, 1.54) is 18.2 Å². The first-order valence-corrected chi connectivity index (χ1v) is 5.71. The molecule has 2 rings (SSSR count). The van der Waals surface area contributed by atoms with Crippen molar-refractivity contribution in [3.8, 4) is 0 Å². The van der Waals surface area contributed by atoms with Gasteiger partial charge in [-0.25, -0.2) is 0 Å². The van der Waals surface area contributed by atoms with Crippen molar-refractivity contribution in [2.45, 2.75) is 38.3 Å². The maximum Gasteiger partial charge on any atom is 0.307 e. The predicted octanol–water partition coefficient (Wildman–Crippen LogP) is 1.39. The highest BCUT2D eigenvalue weighted by Gasteiger charge is 2.18. The summed E-state index contributed by atoms with van der Waals surface area (Å²) in [6, 6.07) is 0.170. The first-order chi connectivity index (χ1) is 7.70. The Morgan fingerprint density at radius 3 is 3.12 bits per heavy atom. The Bertz CT molecular complexity index is 384. The summed E-state index contributed by atoms with van der Waals surface area (Å²) in [7, 11) is 1.42. The highest BCUT2D eigenvalue weighted by Crippen LogP contribution is 2.28. The van der Waals surface area contributed by atoms with Crippen LogP contribution >= 0.6 is 0 Å². The van der Waals surface area contributed by atoms with Gasteiger partial charge in [0.1, 0.15) is 0 Å². The predicted molar refractivity (Wildman–Crippen MR) is 60.9 cm³/mol. The number of aryl methyl sites for hydroxylation is 2. The van der Waals surface area contributed by atoms with Gasteiger partial charge in [-0.15, -0.1) is 0 Å². The Kier molecular flexibility index (Phi) is 3.29. The first kappa shape index (κ1) is 11.2. The number of carbonyl (C=O) groups is 1. The average Bonchev–Trinajstić information content (AvgIpc) is 2.70. The summed E-state index contributed by atoms with van der Waals surface area (Å²) in [6.07, 6.45) is 7.93. The van der Waals surface area contributed by atoms with Crippen LogP contribution in [-0.4, -0.2) is 17.6 Å². The lowest BCUT2D eigenvalue weighted by Crippen LogP contribution is -2.15. The molecule has 0 saturated heterocycles. The standard InChI is InChI=1S/C12H18N2O2/c1-16-12(15)5-6-14-7-9-3-2-4-11(13)10(9)8-14/h7-8,11H,2-6,13H2,1H3. The molecule has 4 heteroatoms. The molecule has 1 heterocycles. The molecule has 0 fully saturated rings. The molecule has 4 nitrogen and oxygen atoms in total. The Balaban J connectivity index is 2.04. The fraction of sp³-hybridized carbons (Fsp3) is 0.583. The van der Waals surface area contributed by atoms with Gasteiger partial charge < -0.3 is 15.0 Å². The van der Waals surface area contributed by atoms with Crippen LogP contribution in [0, 0.1) is 0 Å². The molecule has 0 saturated carbocycles. The summed E-state index contributed by atoms with van der Waals surface area (Å²) >= 11 is 0. The quantitative estimate of drug-likeness (QED) is 0.786. The van der Waals surface area contributed by atoms with Crippen molar-refractivity contribution in [1.29, 1.82) is 0 Å². The molecular formula is C12H18N2O2. The number of methoxy groups -OCH3 is 1. The fourth-order valence-electron chi connectivity index (χ4n) is 2.24. The fourth-order valence-corrected chi connectivity index (χ4v) is 2.24. The van der Waals surface area contributed by atoms with Crippen molar-refractivity contribution >= 4 is 5.97 Å². The Morgan fingerprint density at radius 2 is 2.44 bits per heavy atom. The second-order valence-corrected chi connectivity index (χ2v) is 4.30. The van der Waals surface area contributed by atoms with E-state index in [1.54, 1.807) is 0 Å². The molecule has 16 heavy (non-hydrogen) atoms. The summed E-state index contributed by atoms with van der Waals surface area (Å²) in [5.41, 5.74) is 8.62. The second kappa shape index (κ2) is 4.70. The van der Waals surface area contributed by atoms with E-state index in [-0.39, 0.29) is 12.0 Å². The van der Waals surface area contributed by atoms with Crippen LogP contribution in [-0.2, 0) is 22.5 Å². The van der Waals surface area contributed by atoms with E-state index >= 15 is 0 Å². The molecule has 0 bridgehead atoms. The summed E-state index contributed by atoms with van der Waals surface area (Å²) in [5.74, 6) is -0.170.